The highest BCUT2D eigenvalue weighted by atomic mass is 16.6. The Balaban J connectivity index is 2.07. The van der Waals surface area contributed by atoms with Gasteiger partial charge in [0.2, 0.25) is 0 Å². The van der Waals surface area contributed by atoms with Crippen molar-refractivity contribution < 1.29 is 4.92 Å². The van der Waals surface area contributed by atoms with Crippen molar-refractivity contribution >= 4 is 22.4 Å². The molecule has 0 N–H and O–H groups in total. The zero-order valence-electron chi connectivity index (χ0n) is 16.2. The van der Waals surface area contributed by atoms with E-state index in [0.717, 1.165) is 22.3 Å². The monoisotopic (exact) mass is 374 g/mol. The first-order chi connectivity index (χ1) is 13.5. The number of nitro groups is 1. The Kier molecular flexibility index (Phi) is 5.79. The van der Waals surface area contributed by atoms with Crippen molar-refractivity contribution in [2.75, 3.05) is 18.5 Å². The number of nitrogens with zero attached hydrogens (tertiary/aromatic N) is 4. The molecule has 0 atom stereocenters. The normalized spacial score (nSPS) is 11.9. The predicted molar refractivity (Wildman–Crippen MR) is 113 cm³/mol. The zero-order chi connectivity index (χ0) is 20.1. The number of rotatable bonds is 6. The summed E-state index contributed by atoms with van der Waals surface area (Å²) in [7, 11) is 2.00. The van der Waals surface area contributed by atoms with E-state index in [1.54, 1.807) is 12.1 Å². The molecule has 0 radical (unpaired) electrons. The minimum atomic E-state index is -0.413. The van der Waals surface area contributed by atoms with Gasteiger partial charge in [0.15, 0.2) is 5.82 Å². The lowest BCUT2D eigenvalue weighted by Crippen LogP contribution is -2.21. The maximum Gasteiger partial charge on any atom is 0.269 e. The van der Waals surface area contributed by atoms with E-state index in [4.69, 9.17) is 4.98 Å². The fraction of sp³-hybridized carbons (Fsp3) is 0.182. The molecule has 0 aliphatic heterocycles. The number of nitro benzene ring substituents is 1. The predicted octanol–water partition coefficient (Wildman–Crippen LogP) is 5.16. The first kappa shape index (κ1) is 19.2. The topological polar surface area (TPSA) is 72.2 Å². The third kappa shape index (κ3) is 4.06. The SMILES string of the molecule is CC=CC(=CC)CN(C)c1nc(-c2ccc([N+](=O)[O-])cc2)nc2ccccc12. The number of anilines is 1. The van der Waals surface area contributed by atoms with E-state index >= 15 is 0 Å². The van der Waals surface area contributed by atoms with Gasteiger partial charge in [0.1, 0.15) is 5.82 Å². The van der Waals surface area contributed by atoms with Crippen LogP contribution in [0.15, 0.2) is 72.3 Å². The second kappa shape index (κ2) is 8.43. The summed E-state index contributed by atoms with van der Waals surface area (Å²) in [5.74, 6) is 1.37. The summed E-state index contributed by atoms with van der Waals surface area (Å²) in [5, 5.41) is 11.9. The first-order valence-corrected chi connectivity index (χ1v) is 9.04. The quantitative estimate of drug-likeness (QED) is 0.338. The van der Waals surface area contributed by atoms with Crippen molar-refractivity contribution in [3.63, 3.8) is 0 Å². The molecule has 0 aliphatic rings. The lowest BCUT2D eigenvalue weighted by Gasteiger charge is -2.21. The minimum absolute atomic E-state index is 0.0472. The number of aromatic nitrogens is 2. The summed E-state index contributed by atoms with van der Waals surface area (Å²) >= 11 is 0. The summed E-state index contributed by atoms with van der Waals surface area (Å²) in [4.78, 5) is 22.0. The van der Waals surface area contributed by atoms with Gasteiger partial charge in [0.05, 0.1) is 10.4 Å². The van der Waals surface area contributed by atoms with Crippen molar-refractivity contribution in [1.29, 1.82) is 0 Å². The van der Waals surface area contributed by atoms with E-state index in [1.807, 2.05) is 51.2 Å². The van der Waals surface area contributed by atoms with Crippen LogP contribution in [0.3, 0.4) is 0 Å². The van der Waals surface area contributed by atoms with E-state index in [1.165, 1.54) is 17.7 Å². The molecule has 0 fully saturated rings. The molecule has 0 saturated heterocycles. The van der Waals surface area contributed by atoms with Crippen molar-refractivity contribution in [3.8, 4) is 11.4 Å². The second-order valence-electron chi connectivity index (χ2n) is 6.41. The summed E-state index contributed by atoms with van der Waals surface area (Å²) in [6.45, 7) is 4.72. The molecule has 1 aromatic heterocycles. The van der Waals surface area contributed by atoms with Crippen LogP contribution in [0.25, 0.3) is 22.3 Å². The molecule has 0 aliphatic carbocycles. The Hall–Kier alpha value is -3.54. The number of hydrogen-bond donors (Lipinski definition) is 0. The first-order valence-electron chi connectivity index (χ1n) is 9.04. The Morgan fingerprint density at radius 2 is 1.82 bits per heavy atom. The van der Waals surface area contributed by atoms with Crippen LogP contribution in [0.4, 0.5) is 11.5 Å². The Labute approximate surface area is 164 Å². The Morgan fingerprint density at radius 3 is 2.46 bits per heavy atom. The smallest absolute Gasteiger partial charge is 0.269 e. The van der Waals surface area contributed by atoms with E-state index in [-0.39, 0.29) is 5.69 Å². The molecule has 3 rings (SSSR count). The number of allylic oxidation sites excluding steroid dienone is 2. The van der Waals surface area contributed by atoms with Gasteiger partial charge in [-0.1, -0.05) is 30.4 Å². The lowest BCUT2D eigenvalue weighted by molar-refractivity contribution is -0.384. The molecule has 6 heteroatoms. The van der Waals surface area contributed by atoms with Crippen LogP contribution < -0.4 is 4.90 Å². The van der Waals surface area contributed by atoms with Gasteiger partial charge in [-0.15, -0.1) is 0 Å². The number of hydrogen-bond acceptors (Lipinski definition) is 5. The largest absolute Gasteiger partial charge is 0.355 e. The minimum Gasteiger partial charge on any atom is -0.355 e. The van der Waals surface area contributed by atoms with E-state index < -0.39 is 4.92 Å². The average molecular weight is 374 g/mol. The number of non-ortho nitro benzene ring substituents is 1. The third-order valence-electron chi connectivity index (χ3n) is 4.45. The summed E-state index contributed by atoms with van der Waals surface area (Å²) in [6.07, 6.45) is 6.18. The molecular weight excluding hydrogens is 352 g/mol. The number of fused-ring (bicyclic) bond motifs is 1. The van der Waals surface area contributed by atoms with Crippen LogP contribution in [0.1, 0.15) is 13.8 Å². The summed E-state index contributed by atoms with van der Waals surface area (Å²) in [5.41, 5.74) is 2.81. The molecular formula is C22H22N4O2. The molecule has 0 unspecified atom stereocenters. The molecule has 0 spiro atoms. The number of benzene rings is 2. The van der Waals surface area contributed by atoms with Crippen LogP contribution in [0.5, 0.6) is 0 Å². The highest BCUT2D eigenvalue weighted by molar-refractivity contribution is 5.91. The van der Waals surface area contributed by atoms with Gasteiger partial charge in [-0.3, -0.25) is 10.1 Å². The van der Waals surface area contributed by atoms with Crippen molar-refractivity contribution in [2.45, 2.75) is 13.8 Å². The molecule has 28 heavy (non-hydrogen) atoms. The van der Waals surface area contributed by atoms with Gasteiger partial charge in [-0.2, -0.15) is 0 Å². The van der Waals surface area contributed by atoms with Gasteiger partial charge >= 0.3 is 0 Å². The third-order valence-corrected chi connectivity index (χ3v) is 4.45. The Morgan fingerprint density at radius 1 is 1.11 bits per heavy atom. The lowest BCUT2D eigenvalue weighted by atomic mass is 10.1. The van der Waals surface area contributed by atoms with Crippen LogP contribution in [0.2, 0.25) is 0 Å². The number of likely N-dealkylation sites (N-methyl/N-ethyl adjacent to an activating group) is 1. The Bertz CT molecular complexity index is 1060. The molecule has 6 nitrogen and oxygen atoms in total. The summed E-state index contributed by atoms with van der Waals surface area (Å²) < 4.78 is 0. The molecule has 142 valence electrons. The van der Waals surface area contributed by atoms with Gasteiger partial charge < -0.3 is 4.90 Å². The average Bonchev–Trinajstić information content (AvgIpc) is 2.72. The fourth-order valence-corrected chi connectivity index (χ4v) is 3.02. The molecule has 0 bridgehead atoms. The van der Waals surface area contributed by atoms with Crippen molar-refractivity contribution in [1.82, 2.24) is 9.97 Å². The fourth-order valence-electron chi connectivity index (χ4n) is 3.02. The van der Waals surface area contributed by atoms with Crippen LogP contribution in [-0.4, -0.2) is 28.5 Å². The molecule has 1 heterocycles. The highest BCUT2D eigenvalue weighted by Gasteiger charge is 2.14. The maximum absolute atomic E-state index is 10.9. The van der Waals surface area contributed by atoms with Crippen molar-refractivity contribution in [2.24, 2.45) is 0 Å². The molecule has 0 saturated carbocycles. The van der Waals surface area contributed by atoms with Crippen LogP contribution in [-0.2, 0) is 0 Å². The highest BCUT2D eigenvalue weighted by Crippen LogP contribution is 2.28. The molecule has 3 aromatic rings. The van der Waals surface area contributed by atoms with Gasteiger partial charge in [-0.25, -0.2) is 9.97 Å². The zero-order valence-corrected chi connectivity index (χ0v) is 16.2. The molecule has 0 amide bonds. The maximum atomic E-state index is 10.9. The summed E-state index contributed by atoms with van der Waals surface area (Å²) in [6, 6.07) is 14.2. The second-order valence-corrected chi connectivity index (χ2v) is 6.41. The number of para-hydroxylation sites is 1. The standard InChI is InChI=1S/C22H22N4O2/c1-4-8-16(5-2)15-25(3)22-19-9-6-7-10-20(19)23-21(24-22)17-11-13-18(14-12-17)26(27)28/h4-14H,15H2,1-3H3. The van der Waals surface area contributed by atoms with E-state index in [9.17, 15) is 10.1 Å². The van der Waals surface area contributed by atoms with Gasteiger partial charge in [0.25, 0.3) is 5.69 Å². The van der Waals surface area contributed by atoms with Crippen molar-refractivity contribution in [3.05, 3.63) is 82.4 Å². The van der Waals surface area contributed by atoms with Crippen LogP contribution in [0, 0.1) is 10.1 Å². The van der Waals surface area contributed by atoms with Gasteiger partial charge in [-0.05, 0) is 43.7 Å². The van der Waals surface area contributed by atoms with E-state index in [0.29, 0.717) is 12.4 Å². The van der Waals surface area contributed by atoms with E-state index in [2.05, 4.69) is 22.0 Å². The van der Waals surface area contributed by atoms with Gasteiger partial charge in [0, 0.05) is 36.7 Å². The molecule has 2 aromatic carbocycles. The van der Waals surface area contributed by atoms with Crippen LogP contribution >= 0.6 is 0 Å².